The molecule has 1 amide bonds. The van der Waals surface area contributed by atoms with Crippen molar-refractivity contribution < 1.29 is 9.72 Å². The number of non-ortho nitro benzene ring substituents is 1. The van der Waals surface area contributed by atoms with Crippen LogP contribution in [0.4, 0.5) is 11.4 Å². The van der Waals surface area contributed by atoms with Crippen molar-refractivity contribution in [2.24, 2.45) is 0 Å². The first kappa shape index (κ1) is 22.4. The molecule has 0 saturated carbocycles. The molecule has 2 aromatic heterocycles. The smallest absolute Gasteiger partial charge is 0.271 e. The van der Waals surface area contributed by atoms with Gasteiger partial charge in [-0.15, -0.1) is 10.2 Å². The van der Waals surface area contributed by atoms with Gasteiger partial charge in [0.15, 0.2) is 11.0 Å². The van der Waals surface area contributed by atoms with Gasteiger partial charge in [-0.25, -0.2) is 0 Å². The van der Waals surface area contributed by atoms with Gasteiger partial charge in [0, 0.05) is 35.1 Å². The van der Waals surface area contributed by atoms with Crippen LogP contribution in [0.25, 0.3) is 17.1 Å². The van der Waals surface area contributed by atoms with Gasteiger partial charge in [-0.1, -0.05) is 35.5 Å². The zero-order valence-electron chi connectivity index (χ0n) is 17.3. The Hall–Kier alpha value is -3.76. The Morgan fingerprint density at radius 3 is 2.67 bits per heavy atom. The lowest BCUT2D eigenvalue weighted by atomic mass is 10.2. The van der Waals surface area contributed by atoms with E-state index in [9.17, 15) is 14.9 Å². The topological polar surface area (TPSA) is 116 Å². The SMILES string of the molecule is Cc1ccc([N+](=O)[O-])cc1NC(=O)CSc1nnc(-c2ccncc2)n1-c1cccc(Cl)c1. The number of pyridine rings is 1. The third-order valence-corrected chi connectivity index (χ3v) is 5.84. The largest absolute Gasteiger partial charge is 0.325 e. The summed E-state index contributed by atoms with van der Waals surface area (Å²) in [6, 6.07) is 15.2. The molecule has 0 saturated heterocycles. The fraction of sp³-hybridized carbons (Fsp3) is 0.0909. The third kappa shape index (κ3) is 5.18. The number of thioether (sulfide) groups is 1. The molecule has 33 heavy (non-hydrogen) atoms. The zero-order valence-corrected chi connectivity index (χ0v) is 18.9. The minimum atomic E-state index is -0.502. The van der Waals surface area contributed by atoms with Crippen LogP contribution in [-0.4, -0.2) is 36.3 Å². The summed E-state index contributed by atoms with van der Waals surface area (Å²) in [5.74, 6) is 0.281. The van der Waals surface area contributed by atoms with E-state index >= 15 is 0 Å². The first-order valence-electron chi connectivity index (χ1n) is 9.72. The molecular formula is C22H17ClN6O3S. The highest BCUT2D eigenvalue weighted by Crippen LogP contribution is 2.29. The second-order valence-corrected chi connectivity index (χ2v) is 8.33. The van der Waals surface area contributed by atoms with Crippen LogP contribution in [0.1, 0.15) is 5.56 Å². The Balaban J connectivity index is 1.59. The van der Waals surface area contributed by atoms with Crippen LogP contribution >= 0.6 is 23.4 Å². The molecule has 11 heteroatoms. The van der Waals surface area contributed by atoms with Gasteiger partial charge in [0.2, 0.25) is 5.91 Å². The molecule has 0 atom stereocenters. The standard InChI is InChI=1S/C22H17ClN6O3S/c1-14-5-6-18(29(31)32)12-19(14)25-20(30)13-33-22-27-26-21(15-7-9-24-10-8-15)28(22)17-4-2-3-16(23)11-17/h2-12H,13H2,1H3,(H,25,30). The van der Waals surface area contributed by atoms with Crippen LogP contribution in [0.5, 0.6) is 0 Å². The average Bonchev–Trinajstić information content (AvgIpc) is 3.23. The average molecular weight is 481 g/mol. The second kappa shape index (κ2) is 9.80. The van der Waals surface area contributed by atoms with Crippen LogP contribution in [0, 0.1) is 17.0 Å². The van der Waals surface area contributed by atoms with Gasteiger partial charge in [-0.2, -0.15) is 0 Å². The molecule has 0 aliphatic carbocycles. The molecule has 0 fully saturated rings. The van der Waals surface area contributed by atoms with E-state index in [-0.39, 0.29) is 17.3 Å². The number of aryl methyl sites for hydroxylation is 1. The van der Waals surface area contributed by atoms with Crippen molar-refractivity contribution in [1.82, 2.24) is 19.7 Å². The summed E-state index contributed by atoms with van der Waals surface area (Å²) in [6.07, 6.45) is 3.32. The molecule has 0 spiro atoms. The number of hydrogen-bond donors (Lipinski definition) is 1. The number of amides is 1. The summed E-state index contributed by atoms with van der Waals surface area (Å²) in [5, 5.41) is 23.4. The number of aromatic nitrogens is 4. The van der Waals surface area contributed by atoms with Crippen molar-refractivity contribution in [2.75, 3.05) is 11.1 Å². The van der Waals surface area contributed by atoms with Crippen molar-refractivity contribution in [2.45, 2.75) is 12.1 Å². The Labute approximate surface area is 198 Å². The number of carbonyl (C=O) groups is 1. The Morgan fingerprint density at radius 2 is 1.94 bits per heavy atom. The predicted octanol–water partition coefficient (Wildman–Crippen LogP) is 4.93. The number of hydrogen-bond acceptors (Lipinski definition) is 7. The van der Waals surface area contributed by atoms with Crippen LogP contribution in [0.3, 0.4) is 0 Å². The molecule has 0 bridgehead atoms. The fourth-order valence-electron chi connectivity index (χ4n) is 3.07. The maximum absolute atomic E-state index is 12.6. The molecule has 166 valence electrons. The number of nitro benzene ring substituents is 1. The van der Waals surface area contributed by atoms with Crippen molar-refractivity contribution in [3.8, 4) is 17.1 Å². The lowest BCUT2D eigenvalue weighted by Gasteiger charge is -2.11. The molecule has 0 unspecified atom stereocenters. The Bertz CT molecular complexity index is 1330. The number of nitrogens with zero attached hydrogens (tertiary/aromatic N) is 5. The van der Waals surface area contributed by atoms with Crippen molar-refractivity contribution in [3.05, 3.63) is 87.7 Å². The molecule has 2 aromatic carbocycles. The predicted molar refractivity (Wildman–Crippen MR) is 127 cm³/mol. The molecular weight excluding hydrogens is 464 g/mol. The number of halogens is 1. The van der Waals surface area contributed by atoms with Crippen LogP contribution < -0.4 is 5.32 Å². The molecule has 0 aliphatic rings. The highest BCUT2D eigenvalue weighted by atomic mass is 35.5. The fourth-order valence-corrected chi connectivity index (χ4v) is 4.01. The van der Waals surface area contributed by atoms with Crippen LogP contribution in [0.2, 0.25) is 5.02 Å². The second-order valence-electron chi connectivity index (χ2n) is 6.95. The lowest BCUT2D eigenvalue weighted by molar-refractivity contribution is -0.384. The molecule has 0 aliphatic heterocycles. The number of nitrogens with one attached hydrogen (secondary N) is 1. The van der Waals surface area contributed by atoms with Gasteiger partial charge in [0.05, 0.1) is 22.1 Å². The van der Waals surface area contributed by atoms with E-state index in [4.69, 9.17) is 11.6 Å². The molecule has 9 nitrogen and oxygen atoms in total. The van der Waals surface area contributed by atoms with Gasteiger partial charge in [-0.05, 0) is 42.8 Å². The monoisotopic (exact) mass is 480 g/mol. The summed E-state index contributed by atoms with van der Waals surface area (Å²) in [6.45, 7) is 1.77. The van der Waals surface area contributed by atoms with Crippen LogP contribution in [0.15, 0.2) is 72.1 Å². The van der Waals surface area contributed by atoms with E-state index in [0.717, 1.165) is 16.8 Å². The lowest BCUT2D eigenvalue weighted by Crippen LogP contribution is -2.15. The molecule has 4 aromatic rings. The van der Waals surface area contributed by atoms with E-state index in [1.54, 1.807) is 37.5 Å². The normalized spacial score (nSPS) is 10.7. The number of nitro groups is 1. The maximum atomic E-state index is 12.6. The summed E-state index contributed by atoms with van der Waals surface area (Å²) in [7, 11) is 0. The van der Waals surface area contributed by atoms with Crippen molar-refractivity contribution in [1.29, 1.82) is 0 Å². The third-order valence-electron chi connectivity index (χ3n) is 4.68. The number of rotatable bonds is 7. The van der Waals surface area contributed by atoms with E-state index in [2.05, 4.69) is 20.5 Å². The quantitative estimate of drug-likeness (QED) is 0.226. The minimum Gasteiger partial charge on any atom is -0.325 e. The first-order valence-corrected chi connectivity index (χ1v) is 11.1. The number of anilines is 1. The summed E-state index contributed by atoms with van der Waals surface area (Å²) in [4.78, 5) is 27.2. The van der Waals surface area contributed by atoms with Gasteiger partial charge in [-0.3, -0.25) is 24.5 Å². The van der Waals surface area contributed by atoms with E-state index < -0.39 is 4.92 Å². The first-order chi connectivity index (χ1) is 15.9. The van der Waals surface area contributed by atoms with Crippen molar-refractivity contribution >= 4 is 40.6 Å². The number of benzene rings is 2. The summed E-state index contributed by atoms with van der Waals surface area (Å²) in [5.41, 5.74) is 2.58. The Morgan fingerprint density at radius 1 is 1.15 bits per heavy atom. The Kier molecular flexibility index (Phi) is 6.66. The molecule has 2 heterocycles. The van der Waals surface area contributed by atoms with E-state index in [0.29, 0.717) is 21.7 Å². The van der Waals surface area contributed by atoms with Crippen molar-refractivity contribution in [3.63, 3.8) is 0 Å². The molecule has 0 radical (unpaired) electrons. The van der Waals surface area contributed by atoms with Gasteiger partial charge >= 0.3 is 0 Å². The highest BCUT2D eigenvalue weighted by Gasteiger charge is 2.18. The molecule has 1 N–H and O–H groups in total. The number of carbonyl (C=O) groups excluding carboxylic acids is 1. The minimum absolute atomic E-state index is 0.0250. The van der Waals surface area contributed by atoms with E-state index in [1.165, 1.54) is 23.9 Å². The van der Waals surface area contributed by atoms with Gasteiger partial charge in [0.25, 0.3) is 5.69 Å². The maximum Gasteiger partial charge on any atom is 0.271 e. The van der Waals surface area contributed by atoms with E-state index in [1.807, 2.05) is 28.8 Å². The highest BCUT2D eigenvalue weighted by molar-refractivity contribution is 7.99. The van der Waals surface area contributed by atoms with Gasteiger partial charge < -0.3 is 5.32 Å². The van der Waals surface area contributed by atoms with Gasteiger partial charge in [0.1, 0.15) is 0 Å². The zero-order chi connectivity index (χ0) is 23.4. The molecule has 4 rings (SSSR count). The summed E-state index contributed by atoms with van der Waals surface area (Å²) < 4.78 is 1.82. The van der Waals surface area contributed by atoms with Crippen LogP contribution in [-0.2, 0) is 4.79 Å². The summed E-state index contributed by atoms with van der Waals surface area (Å²) >= 11 is 7.39.